The maximum Gasteiger partial charge on any atom is 0.339 e. The average molecular weight is 334 g/mol. The number of nitrogens with two attached hydrogens (primary N) is 1. The first-order valence-corrected chi connectivity index (χ1v) is 8.03. The lowest BCUT2D eigenvalue weighted by Gasteiger charge is -2.10. The van der Waals surface area contributed by atoms with Crippen LogP contribution in [0.15, 0.2) is 18.2 Å². The van der Waals surface area contributed by atoms with Gasteiger partial charge in [0.2, 0.25) is 0 Å². The lowest BCUT2D eigenvalue weighted by molar-refractivity contribution is 0.0697. The molecule has 1 aliphatic rings. The number of amides is 1. The topological polar surface area (TPSA) is 92.4 Å². The van der Waals surface area contributed by atoms with Gasteiger partial charge in [0.05, 0.1) is 11.3 Å². The second-order valence-electron chi connectivity index (χ2n) is 5.41. The first-order valence-electron chi connectivity index (χ1n) is 7.21. The summed E-state index contributed by atoms with van der Waals surface area (Å²) in [5.41, 5.74) is 6.52. The van der Waals surface area contributed by atoms with Crippen molar-refractivity contribution < 1.29 is 19.1 Å². The highest BCUT2D eigenvalue weighted by Gasteiger charge is 2.26. The van der Waals surface area contributed by atoms with Crippen molar-refractivity contribution in [1.29, 1.82) is 0 Å². The van der Waals surface area contributed by atoms with Gasteiger partial charge in [-0.1, -0.05) is 0 Å². The second-order valence-corrected chi connectivity index (χ2v) is 6.52. The molecule has 120 valence electrons. The molecule has 0 radical (unpaired) electrons. The van der Waals surface area contributed by atoms with Crippen LogP contribution in [-0.4, -0.2) is 17.0 Å². The molecule has 0 aliphatic heterocycles. The average Bonchev–Trinajstić information content (AvgIpc) is 2.87. The zero-order chi connectivity index (χ0) is 16.6. The first kappa shape index (κ1) is 15.5. The fourth-order valence-electron chi connectivity index (χ4n) is 2.74. The molecule has 1 aliphatic carbocycles. The second kappa shape index (κ2) is 6.00. The van der Waals surface area contributed by atoms with Crippen molar-refractivity contribution in [1.82, 2.24) is 0 Å². The van der Waals surface area contributed by atoms with Crippen LogP contribution in [-0.2, 0) is 12.8 Å². The van der Waals surface area contributed by atoms with Crippen LogP contribution >= 0.6 is 11.3 Å². The molecule has 0 saturated carbocycles. The van der Waals surface area contributed by atoms with Crippen LogP contribution in [0.3, 0.4) is 0 Å². The van der Waals surface area contributed by atoms with Gasteiger partial charge in [-0.25, -0.2) is 9.18 Å². The standard InChI is InChI=1S/C16H15FN2O3S/c17-10-6-5-8(7-11(10)18)14(20)19-15-13(16(21)22)9-3-1-2-4-12(9)23-15/h5-7H,1-4,18H2,(H,19,20)(H,21,22). The van der Waals surface area contributed by atoms with Gasteiger partial charge in [-0.2, -0.15) is 0 Å². The normalized spacial score (nSPS) is 13.4. The number of aryl methyl sites for hydroxylation is 1. The summed E-state index contributed by atoms with van der Waals surface area (Å²) in [6.45, 7) is 0. The maximum atomic E-state index is 13.2. The number of thiophene rings is 1. The van der Waals surface area contributed by atoms with Gasteiger partial charge in [-0.15, -0.1) is 11.3 Å². The van der Waals surface area contributed by atoms with E-state index in [1.807, 2.05) is 0 Å². The number of fused-ring (bicyclic) bond motifs is 1. The van der Waals surface area contributed by atoms with E-state index in [0.29, 0.717) is 11.4 Å². The summed E-state index contributed by atoms with van der Waals surface area (Å²) in [7, 11) is 0. The third-order valence-corrected chi connectivity index (χ3v) is 5.08. The third-order valence-electron chi connectivity index (χ3n) is 3.87. The van der Waals surface area contributed by atoms with E-state index >= 15 is 0 Å². The Morgan fingerprint density at radius 2 is 2.00 bits per heavy atom. The number of rotatable bonds is 3. The minimum absolute atomic E-state index is 0.124. The van der Waals surface area contributed by atoms with Gasteiger partial charge in [0, 0.05) is 10.4 Å². The number of nitrogen functional groups attached to an aromatic ring is 1. The van der Waals surface area contributed by atoms with Crippen LogP contribution in [0.25, 0.3) is 0 Å². The van der Waals surface area contributed by atoms with Crippen LogP contribution in [0.2, 0.25) is 0 Å². The molecule has 1 aromatic heterocycles. The molecule has 2 aromatic rings. The van der Waals surface area contributed by atoms with Crippen molar-refractivity contribution in [2.24, 2.45) is 0 Å². The third kappa shape index (κ3) is 2.92. The summed E-state index contributed by atoms with van der Waals surface area (Å²) in [5, 5.41) is 12.4. The summed E-state index contributed by atoms with van der Waals surface area (Å²) in [5.74, 6) is -2.14. The van der Waals surface area contributed by atoms with Gasteiger partial charge in [0.15, 0.2) is 0 Å². The SMILES string of the molecule is Nc1cc(C(=O)Nc2sc3c(c2C(=O)O)CCCC3)ccc1F. The van der Waals surface area contributed by atoms with Crippen LogP contribution in [0, 0.1) is 5.82 Å². The highest BCUT2D eigenvalue weighted by atomic mass is 32.1. The Kier molecular flexibility index (Phi) is 4.04. The highest BCUT2D eigenvalue weighted by molar-refractivity contribution is 7.17. The number of carbonyl (C=O) groups excluding carboxylic acids is 1. The molecule has 0 atom stereocenters. The number of aromatic carboxylic acids is 1. The molecule has 0 fully saturated rings. The van der Waals surface area contributed by atoms with Crippen molar-refractivity contribution in [3.05, 3.63) is 45.6 Å². The fraction of sp³-hybridized carbons (Fsp3) is 0.250. The quantitative estimate of drug-likeness (QED) is 0.751. The molecule has 1 amide bonds. The smallest absolute Gasteiger partial charge is 0.339 e. The number of carboxylic acid groups (broad SMARTS) is 1. The van der Waals surface area contributed by atoms with Gasteiger partial charge in [-0.3, -0.25) is 4.79 Å². The predicted octanol–water partition coefficient (Wildman–Crippen LogP) is 3.30. The van der Waals surface area contributed by atoms with Gasteiger partial charge < -0.3 is 16.2 Å². The maximum absolute atomic E-state index is 13.2. The Morgan fingerprint density at radius 1 is 1.26 bits per heavy atom. The fourth-order valence-corrected chi connectivity index (χ4v) is 4.02. The molecular weight excluding hydrogens is 319 g/mol. The molecule has 5 nitrogen and oxygen atoms in total. The summed E-state index contributed by atoms with van der Waals surface area (Å²) >= 11 is 1.30. The van der Waals surface area contributed by atoms with Crippen LogP contribution in [0.4, 0.5) is 15.1 Å². The highest BCUT2D eigenvalue weighted by Crippen LogP contribution is 2.38. The van der Waals surface area contributed by atoms with E-state index in [4.69, 9.17) is 5.73 Å². The molecule has 3 rings (SSSR count). The van der Waals surface area contributed by atoms with Gasteiger partial charge in [0.25, 0.3) is 5.91 Å². The minimum atomic E-state index is -1.04. The van der Waals surface area contributed by atoms with Crippen molar-refractivity contribution in [2.75, 3.05) is 11.1 Å². The van der Waals surface area contributed by atoms with Crippen molar-refractivity contribution in [3.63, 3.8) is 0 Å². The van der Waals surface area contributed by atoms with E-state index in [1.165, 1.54) is 23.5 Å². The lowest BCUT2D eigenvalue weighted by atomic mass is 9.95. The van der Waals surface area contributed by atoms with E-state index in [9.17, 15) is 19.1 Å². The number of benzene rings is 1. The van der Waals surface area contributed by atoms with Crippen molar-refractivity contribution in [2.45, 2.75) is 25.7 Å². The largest absolute Gasteiger partial charge is 0.478 e. The number of halogens is 1. The van der Waals surface area contributed by atoms with E-state index in [-0.39, 0.29) is 16.8 Å². The molecule has 7 heteroatoms. The van der Waals surface area contributed by atoms with Crippen molar-refractivity contribution >= 4 is 33.9 Å². The molecule has 1 aromatic carbocycles. The van der Waals surface area contributed by atoms with E-state index in [2.05, 4.69) is 5.32 Å². The number of anilines is 2. The Morgan fingerprint density at radius 3 is 2.70 bits per heavy atom. The summed E-state index contributed by atoms with van der Waals surface area (Å²) in [6, 6.07) is 3.66. The Bertz CT molecular complexity index is 801. The first-order chi connectivity index (χ1) is 11.0. The molecule has 0 bridgehead atoms. The number of hydrogen-bond donors (Lipinski definition) is 3. The van der Waals surface area contributed by atoms with Crippen molar-refractivity contribution in [3.8, 4) is 0 Å². The van der Waals surface area contributed by atoms with E-state index in [1.54, 1.807) is 0 Å². The predicted molar refractivity (Wildman–Crippen MR) is 86.7 cm³/mol. The number of carbonyl (C=O) groups is 2. The Hall–Kier alpha value is -2.41. The van der Waals surface area contributed by atoms with Gasteiger partial charge >= 0.3 is 5.97 Å². The molecule has 0 saturated heterocycles. The molecular formula is C16H15FN2O3S. The Labute approximate surface area is 135 Å². The summed E-state index contributed by atoms with van der Waals surface area (Å²) in [6.07, 6.45) is 3.52. The van der Waals surface area contributed by atoms with Gasteiger partial charge in [-0.05, 0) is 49.4 Å². The van der Waals surface area contributed by atoms with E-state index < -0.39 is 17.7 Å². The number of carboxylic acids is 1. The van der Waals surface area contributed by atoms with E-state index in [0.717, 1.165) is 35.8 Å². The summed E-state index contributed by atoms with van der Waals surface area (Å²) < 4.78 is 13.2. The van der Waals surface area contributed by atoms with Crippen LogP contribution < -0.4 is 11.1 Å². The van der Waals surface area contributed by atoms with Gasteiger partial charge in [0.1, 0.15) is 10.8 Å². The zero-order valence-corrected chi connectivity index (χ0v) is 13.0. The molecule has 4 N–H and O–H groups in total. The summed E-state index contributed by atoms with van der Waals surface area (Å²) in [4.78, 5) is 24.9. The molecule has 1 heterocycles. The molecule has 23 heavy (non-hydrogen) atoms. The Balaban J connectivity index is 1.93. The lowest BCUT2D eigenvalue weighted by Crippen LogP contribution is -2.14. The number of hydrogen-bond acceptors (Lipinski definition) is 4. The molecule has 0 unspecified atom stereocenters. The monoisotopic (exact) mass is 334 g/mol. The minimum Gasteiger partial charge on any atom is -0.478 e. The van der Waals surface area contributed by atoms with Crippen LogP contribution in [0.5, 0.6) is 0 Å². The van der Waals surface area contributed by atoms with Crippen LogP contribution in [0.1, 0.15) is 44.0 Å². The molecule has 0 spiro atoms. The zero-order valence-electron chi connectivity index (χ0n) is 12.2. The number of nitrogens with one attached hydrogen (secondary N) is 1.